The monoisotopic (exact) mass is 254 g/mol. The third kappa shape index (κ3) is 2.54. The van der Waals surface area contributed by atoms with Crippen LogP contribution in [0.5, 0.6) is 0 Å². The zero-order valence-electron chi connectivity index (χ0n) is 12.1. The van der Waals surface area contributed by atoms with Crippen LogP contribution in [0, 0.1) is 0 Å². The Kier molecular flexibility index (Phi) is 3.70. The van der Waals surface area contributed by atoms with Crippen molar-refractivity contribution in [2.45, 2.75) is 70.7 Å². The summed E-state index contributed by atoms with van der Waals surface area (Å²) >= 11 is 0. The topological polar surface area (TPSA) is 41.6 Å². The second kappa shape index (κ2) is 4.82. The fraction of sp³-hybridized carbons (Fsp3) is 0.929. The Bertz CT molecular complexity index is 324. The fourth-order valence-electron chi connectivity index (χ4n) is 2.89. The summed E-state index contributed by atoms with van der Waals surface area (Å²) in [5, 5.41) is 3.53. The highest BCUT2D eigenvalue weighted by Crippen LogP contribution is 2.43. The summed E-state index contributed by atoms with van der Waals surface area (Å²) < 4.78 is 5.73. The first-order chi connectivity index (χ1) is 8.44. The van der Waals surface area contributed by atoms with Crippen LogP contribution in [0.1, 0.15) is 53.4 Å². The molecule has 104 valence electrons. The molecule has 1 atom stereocenters. The molecule has 0 aromatic heterocycles. The van der Waals surface area contributed by atoms with Crippen LogP contribution in [0.15, 0.2) is 0 Å². The third-order valence-corrected chi connectivity index (χ3v) is 3.89. The molecule has 1 saturated carbocycles. The lowest BCUT2D eigenvalue weighted by Crippen LogP contribution is -2.46. The van der Waals surface area contributed by atoms with Gasteiger partial charge in [-0.25, -0.2) is 0 Å². The maximum atomic E-state index is 12.5. The van der Waals surface area contributed by atoms with Crippen molar-refractivity contribution in [3.63, 3.8) is 0 Å². The van der Waals surface area contributed by atoms with Gasteiger partial charge >= 0.3 is 0 Å². The molecule has 1 heterocycles. The van der Waals surface area contributed by atoms with Crippen LogP contribution >= 0.6 is 0 Å². The second-order valence-electron chi connectivity index (χ2n) is 6.16. The van der Waals surface area contributed by atoms with E-state index in [4.69, 9.17) is 4.74 Å². The molecular formula is C14H26N2O2. The van der Waals surface area contributed by atoms with E-state index in [9.17, 15) is 4.79 Å². The largest absolute Gasteiger partial charge is 0.374 e. The smallest absolute Gasteiger partial charge is 0.244 e. The number of nitrogens with one attached hydrogen (secondary N) is 1. The lowest BCUT2D eigenvalue weighted by Gasteiger charge is -2.33. The third-order valence-electron chi connectivity index (χ3n) is 3.89. The van der Waals surface area contributed by atoms with Crippen LogP contribution < -0.4 is 5.32 Å². The lowest BCUT2D eigenvalue weighted by molar-refractivity contribution is -0.135. The molecule has 2 fully saturated rings. The molecule has 1 amide bonds. The summed E-state index contributed by atoms with van der Waals surface area (Å²) in [4.78, 5) is 14.5. The van der Waals surface area contributed by atoms with Crippen molar-refractivity contribution in [1.82, 2.24) is 10.2 Å². The molecule has 1 unspecified atom stereocenters. The van der Waals surface area contributed by atoms with Gasteiger partial charge in [-0.05, 0) is 40.0 Å². The number of carbonyl (C=O) groups is 1. The zero-order valence-corrected chi connectivity index (χ0v) is 12.1. The molecule has 2 aliphatic rings. The van der Waals surface area contributed by atoms with Crippen LogP contribution in [0.25, 0.3) is 0 Å². The molecule has 0 aromatic carbocycles. The van der Waals surface area contributed by atoms with Crippen LogP contribution in [-0.4, -0.2) is 41.3 Å². The standard InChI is InChI=1S/C14H26N2O2/c1-5-7-11-15-14(8-9-14)12(17)16(11)10-13(3,4)18-6-2/h11,15H,5-10H2,1-4H3. The molecule has 1 aliphatic carbocycles. The van der Waals surface area contributed by atoms with Gasteiger partial charge in [-0.1, -0.05) is 13.3 Å². The minimum absolute atomic E-state index is 0.199. The number of amides is 1. The average Bonchev–Trinajstić information content (AvgIpc) is 3.01. The Hall–Kier alpha value is -0.610. The van der Waals surface area contributed by atoms with Crippen molar-refractivity contribution >= 4 is 5.91 Å². The first kappa shape index (κ1) is 13.8. The van der Waals surface area contributed by atoms with Gasteiger partial charge in [0, 0.05) is 6.61 Å². The van der Waals surface area contributed by atoms with E-state index in [1.165, 1.54) is 0 Å². The molecule has 2 rings (SSSR count). The Balaban J connectivity index is 2.06. The van der Waals surface area contributed by atoms with E-state index in [0.29, 0.717) is 13.2 Å². The van der Waals surface area contributed by atoms with Gasteiger partial charge < -0.3 is 9.64 Å². The quantitative estimate of drug-likeness (QED) is 0.787. The predicted octanol–water partition coefficient (Wildman–Crippen LogP) is 1.89. The number of carbonyl (C=O) groups excluding carboxylic acids is 1. The van der Waals surface area contributed by atoms with E-state index in [1.807, 2.05) is 11.8 Å². The summed E-state index contributed by atoms with van der Waals surface area (Å²) in [6, 6.07) is 0. The summed E-state index contributed by atoms with van der Waals surface area (Å²) in [6.07, 6.45) is 4.31. The Morgan fingerprint density at radius 3 is 2.61 bits per heavy atom. The molecule has 1 spiro atoms. The summed E-state index contributed by atoms with van der Waals surface area (Å²) in [6.45, 7) is 9.65. The first-order valence-corrected chi connectivity index (χ1v) is 7.17. The maximum Gasteiger partial charge on any atom is 0.244 e. The normalized spacial score (nSPS) is 26.1. The Morgan fingerprint density at radius 1 is 1.44 bits per heavy atom. The van der Waals surface area contributed by atoms with E-state index in [1.54, 1.807) is 0 Å². The highest BCUT2D eigenvalue weighted by molar-refractivity contribution is 5.91. The van der Waals surface area contributed by atoms with Crippen LogP contribution in [0.3, 0.4) is 0 Å². The minimum atomic E-state index is -0.265. The van der Waals surface area contributed by atoms with E-state index < -0.39 is 0 Å². The summed E-state index contributed by atoms with van der Waals surface area (Å²) in [5.74, 6) is 0.286. The van der Waals surface area contributed by atoms with Gasteiger partial charge in [0.05, 0.1) is 23.9 Å². The van der Waals surface area contributed by atoms with Gasteiger partial charge in [0.15, 0.2) is 0 Å². The van der Waals surface area contributed by atoms with E-state index >= 15 is 0 Å². The van der Waals surface area contributed by atoms with Gasteiger partial charge in [-0.3, -0.25) is 10.1 Å². The molecule has 1 N–H and O–H groups in total. The average molecular weight is 254 g/mol. The number of rotatable bonds is 6. The number of ether oxygens (including phenoxy) is 1. The molecule has 0 bridgehead atoms. The van der Waals surface area contributed by atoms with Crippen molar-refractivity contribution in [2.75, 3.05) is 13.2 Å². The van der Waals surface area contributed by atoms with Crippen LogP contribution in [0.2, 0.25) is 0 Å². The van der Waals surface area contributed by atoms with E-state index in [-0.39, 0.29) is 23.2 Å². The van der Waals surface area contributed by atoms with Gasteiger partial charge in [0.1, 0.15) is 0 Å². The molecule has 4 heteroatoms. The van der Waals surface area contributed by atoms with Gasteiger partial charge in [-0.2, -0.15) is 0 Å². The van der Waals surface area contributed by atoms with Crippen molar-refractivity contribution in [3.05, 3.63) is 0 Å². The first-order valence-electron chi connectivity index (χ1n) is 7.17. The molecule has 18 heavy (non-hydrogen) atoms. The van der Waals surface area contributed by atoms with Crippen LogP contribution in [0.4, 0.5) is 0 Å². The Morgan fingerprint density at radius 2 is 2.11 bits per heavy atom. The van der Waals surface area contributed by atoms with E-state index in [0.717, 1.165) is 25.7 Å². The molecule has 1 saturated heterocycles. The van der Waals surface area contributed by atoms with Gasteiger partial charge in [0.25, 0.3) is 0 Å². The molecule has 0 aromatic rings. The SMILES string of the molecule is CCCC1NC2(CC2)C(=O)N1CC(C)(C)OCC. The van der Waals surface area contributed by atoms with Crippen molar-refractivity contribution < 1.29 is 9.53 Å². The zero-order chi connectivity index (χ0) is 13.4. The minimum Gasteiger partial charge on any atom is -0.374 e. The summed E-state index contributed by atoms with van der Waals surface area (Å²) in [7, 11) is 0. The highest BCUT2D eigenvalue weighted by Gasteiger charge is 2.59. The summed E-state index contributed by atoms with van der Waals surface area (Å²) in [5.41, 5.74) is -0.472. The molecule has 4 nitrogen and oxygen atoms in total. The lowest BCUT2D eigenvalue weighted by atomic mass is 10.1. The van der Waals surface area contributed by atoms with Crippen molar-refractivity contribution in [2.24, 2.45) is 0 Å². The van der Waals surface area contributed by atoms with E-state index in [2.05, 4.69) is 26.1 Å². The highest BCUT2D eigenvalue weighted by atomic mass is 16.5. The molecule has 1 aliphatic heterocycles. The van der Waals surface area contributed by atoms with Crippen molar-refractivity contribution in [3.8, 4) is 0 Å². The molecule has 0 radical (unpaired) electrons. The Labute approximate surface area is 110 Å². The predicted molar refractivity (Wildman–Crippen MR) is 71.2 cm³/mol. The van der Waals surface area contributed by atoms with Gasteiger partial charge in [0.2, 0.25) is 5.91 Å². The second-order valence-corrected chi connectivity index (χ2v) is 6.16. The maximum absolute atomic E-state index is 12.5. The van der Waals surface area contributed by atoms with Crippen LogP contribution in [-0.2, 0) is 9.53 Å². The van der Waals surface area contributed by atoms with Gasteiger partial charge in [-0.15, -0.1) is 0 Å². The number of hydrogen-bond donors (Lipinski definition) is 1. The fourth-order valence-corrected chi connectivity index (χ4v) is 2.89. The number of hydrogen-bond acceptors (Lipinski definition) is 3. The molecular weight excluding hydrogens is 228 g/mol. The number of nitrogens with zero attached hydrogens (tertiary/aromatic N) is 1. The van der Waals surface area contributed by atoms with Crippen molar-refractivity contribution in [1.29, 1.82) is 0 Å².